The molecule has 1 fully saturated rings. The third-order valence-electron chi connectivity index (χ3n) is 8.91. The average Bonchev–Trinajstić information content (AvgIpc) is 3.39. The highest BCUT2D eigenvalue weighted by Crippen LogP contribution is 2.40. The topological polar surface area (TPSA) is 164 Å². The van der Waals surface area contributed by atoms with Crippen LogP contribution in [0.15, 0.2) is 60.7 Å². The summed E-state index contributed by atoms with van der Waals surface area (Å²) in [6, 6.07) is 15.4. The van der Waals surface area contributed by atoms with Crippen LogP contribution in [0.5, 0.6) is 23.0 Å². The Morgan fingerprint density at radius 2 is 0.980 bits per heavy atom. The van der Waals surface area contributed by atoms with Gasteiger partial charge in [-0.25, -0.2) is 0 Å². The highest BCUT2D eigenvalue weighted by atomic mass is 16.6. The number of methoxy groups -OCH3 is 4. The molecule has 2 amide bonds. The van der Waals surface area contributed by atoms with Crippen molar-refractivity contribution in [1.82, 2.24) is 9.80 Å². The van der Waals surface area contributed by atoms with Crippen LogP contribution in [-0.2, 0) is 0 Å². The van der Waals surface area contributed by atoms with Crippen LogP contribution in [0, 0.1) is 34.1 Å². The number of ether oxygens (including phenoxy) is 4. The highest BCUT2D eigenvalue weighted by molar-refractivity contribution is 6.03. The fourth-order valence-corrected chi connectivity index (χ4v) is 6.43. The molecular formula is C37H38N4O10. The number of hydrogen-bond donors (Lipinski definition) is 0. The maximum atomic E-state index is 14.2. The molecule has 4 aromatic rings. The van der Waals surface area contributed by atoms with Gasteiger partial charge in [0.2, 0.25) is 0 Å². The van der Waals surface area contributed by atoms with Crippen molar-refractivity contribution < 1.29 is 38.4 Å². The molecule has 0 aromatic heterocycles. The normalized spacial score (nSPS) is 12.9. The minimum Gasteiger partial charge on any atom is -0.493 e. The number of hydrogen-bond acceptors (Lipinski definition) is 10. The van der Waals surface area contributed by atoms with Crippen LogP contribution < -0.4 is 18.9 Å². The molecule has 0 bridgehead atoms. The summed E-state index contributed by atoms with van der Waals surface area (Å²) in [5.41, 5.74) is 3.42. The lowest BCUT2D eigenvalue weighted by Crippen LogP contribution is -2.37. The van der Waals surface area contributed by atoms with Gasteiger partial charge in [0.1, 0.15) is 0 Å². The van der Waals surface area contributed by atoms with E-state index in [0.717, 1.165) is 11.1 Å². The molecule has 51 heavy (non-hydrogen) atoms. The van der Waals surface area contributed by atoms with Crippen molar-refractivity contribution >= 4 is 23.2 Å². The third-order valence-corrected chi connectivity index (χ3v) is 8.91. The predicted octanol–water partition coefficient (Wildman–Crippen LogP) is 6.48. The van der Waals surface area contributed by atoms with Gasteiger partial charge in [0.15, 0.2) is 23.0 Å². The number of nitro groups is 2. The molecule has 0 unspecified atom stereocenters. The summed E-state index contributed by atoms with van der Waals surface area (Å²) in [6.45, 7) is 4.45. The van der Waals surface area contributed by atoms with E-state index in [0.29, 0.717) is 51.7 Å². The van der Waals surface area contributed by atoms with Crippen molar-refractivity contribution in [2.45, 2.75) is 20.3 Å². The monoisotopic (exact) mass is 698 g/mol. The van der Waals surface area contributed by atoms with Crippen LogP contribution in [0.2, 0.25) is 0 Å². The van der Waals surface area contributed by atoms with Gasteiger partial charge in [-0.2, -0.15) is 0 Å². The second-order valence-corrected chi connectivity index (χ2v) is 12.0. The van der Waals surface area contributed by atoms with E-state index >= 15 is 0 Å². The minimum atomic E-state index is -0.556. The van der Waals surface area contributed by atoms with Crippen molar-refractivity contribution in [3.8, 4) is 45.3 Å². The van der Waals surface area contributed by atoms with E-state index in [-0.39, 0.29) is 48.7 Å². The van der Waals surface area contributed by atoms with E-state index in [4.69, 9.17) is 18.9 Å². The van der Waals surface area contributed by atoms with Crippen molar-refractivity contribution in [2.75, 3.05) is 54.6 Å². The summed E-state index contributed by atoms with van der Waals surface area (Å²) in [5.74, 6) is 1.07. The first kappa shape index (κ1) is 36.1. The summed E-state index contributed by atoms with van der Waals surface area (Å²) in [6.07, 6.45) is 0.400. The fraction of sp³-hybridized carbons (Fsp3) is 0.297. The molecular weight excluding hydrogens is 660 g/mol. The van der Waals surface area contributed by atoms with Crippen LogP contribution in [-0.4, -0.2) is 86.1 Å². The van der Waals surface area contributed by atoms with Gasteiger partial charge in [-0.3, -0.25) is 29.8 Å². The SMILES string of the molecule is COc1cc(-c2ccc([N+](=O)[O-])cc2C(=O)N2CCCN(C(=O)c3cc([N+](=O)[O-])ccc3-c3cc(C)c(OC)c(OC)c3)CC2)cc(C)c1OC. The zero-order valence-corrected chi connectivity index (χ0v) is 29.2. The van der Waals surface area contributed by atoms with Gasteiger partial charge in [0.05, 0.1) is 49.4 Å². The number of non-ortho nitro benzene ring substituents is 2. The Bertz CT molecular complexity index is 1890. The zero-order chi connectivity index (χ0) is 37.0. The predicted molar refractivity (Wildman–Crippen MR) is 189 cm³/mol. The minimum absolute atomic E-state index is 0.122. The molecule has 14 heteroatoms. The number of aryl methyl sites for hydroxylation is 2. The maximum Gasteiger partial charge on any atom is 0.270 e. The van der Waals surface area contributed by atoms with Crippen LogP contribution in [0.3, 0.4) is 0 Å². The molecule has 0 spiro atoms. The molecule has 0 aliphatic carbocycles. The quantitative estimate of drug-likeness (QED) is 0.132. The van der Waals surface area contributed by atoms with E-state index < -0.39 is 21.7 Å². The van der Waals surface area contributed by atoms with Gasteiger partial charge in [-0.1, -0.05) is 0 Å². The zero-order valence-electron chi connectivity index (χ0n) is 29.2. The van der Waals surface area contributed by atoms with Gasteiger partial charge in [0.25, 0.3) is 23.2 Å². The number of benzene rings is 4. The lowest BCUT2D eigenvalue weighted by atomic mass is 9.96. The first-order chi connectivity index (χ1) is 24.4. The van der Waals surface area contributed by atoms with E-state index in [2.05, 4.69) is 0 Å². The van der Waals surface area contributed by atoms with E-state index in [9.17, 15) is 29.8 Å². The van der Waals surface area contributed by atoms with Crippen LogP contribution in [0.4, 0.5) is 11.4 Å². The molecule has 14 nitrogen and oxygen atoms in total. The lowest BCUT2D eigenvalue weighted by Gasteiger charge is -2.24. The molecule has 1 saturated heterocycles. The first-order valence-corrected chi connectivity index (χ1v) is 16.0. The lowest BCUT2D eigenvalue weighted by molar-refractivity contribution is -0.385. The van der Waals surface area contributed by atoms with Crippen LogP contribution >= 0.6 is 0 Å². The molecule has 1 aliphatic rings. The molecule has 0 radical (unpaired) electrons. The van der Waals surface area contributed by atoms with Crippen molar-refractivity contribution in [1.29, 1.82) is 0 Å². The Balaban J connectivity index is 1.48. The van der Waals surface area contributed by atoms with E-state index in [1.54, 1.807) is 34.1 Å². The first-order valence-electron chi connectivity index (χ1n) is 16.0. The van der Waals surface area contributed by atoms with Gasteiger partial charge in [-0.15, -0.1) is 0 Å². The van der Waals surface area contributed by atoms with Gasteiger partial charge < -0.3 is 28.7 Å². The summed E-state index contributed by atoms with van der Waals surface area (Å²) in [4.78, 5) is 53.9. The Morgan fingerprint density at radius 3 is 1.31 bits per heavy atom. The molecule has 0 N–H and O–H groups in total. The summed E-state index contributed by atoms with van der Waals surface area (Å²) in [5, 5.41) is 23.5. The second kappa shape index (κ2) is 15.2. The third kappa shape index (κ3) is 7.25. The van der Waals surface area contributed by atoms with Crippen molar-refractivity contribution in [2.24, 2.45) is 0 Å². The Kier molecular flexibility index (Phi) is 10.7. The average molecular weight is 699 g/mol. The summed E-state index contributed by atoms with van der Waals surface area (Å²) >= 11 is 0. The standard InChI is InChI=1S/C37H38N4O10/c1-22-16-24(18-32(48-3)34(22)50-5)28-10-8-26(40(44)45)20-30(28)36(42)38-12-7-13-39(15-14-38)37(43)31-21-27(41(46)47)9-11-29(31)25-17-23(2)35(51-6)33(19-25)49-4/h8-11,16-21H,7,12-15H2,1-6H3. The Labute approximate surface area is 294 Å². The molecule has 1 heterocycles. The Hall–Kier alpha value is -6.18. The molecule has 266 valence electrons. The van der Waals surface area contributed by atoms with Crippen molar-refractivity contribution in [3.05, 3.63) is 103 Å². The fourth-order valence-electron chi connectivity index (χ4n) is 6.43. The number of amides is 2. The van der Waals surface area contributed by atoms with Gasteiger partial charge in [-0.05, 0) is 90.0 Å². The molecule has 0 saturated carbocycles. The molecule has 0 atom stereocenters. The van der Waals surface area contributed by atoms with Crippen molar-refractivity contribution in [3.63, 3.8) is 0 Å². The van der Waals surface area contributed by atoms with E-state index in [1.165, 1.54) is 52.7 Å². The van der Waals surface area contributed by atoms with Gasteiger partial charge in [0, 0.05) is 50.4 Å². The number of carbonyl (C=O) groups is 2. The Morgan fingerprint density at radius 1 is 0.588 bits per heavy atom. The smallest absolute Gasteiger partial charge is 0.270 e. The van der Waals surface area contributed by atoms with Gasteiger partial charge >= 0.3 is 0 Å². The highest BCUT2D eigenvalue weighted by Gasteiger charge is 2.29. The molecule has 1 aliphatic heterocycles. The second-order valence-electron chi connectivity index (χ2n) is 12.0. The van der Waals surface area contributed by atoms with Crippen LogP contribution in [0.25, 0.3) is 22.3 Å². The molecule has 5 rings (SSSR count). The molecule has 4 aromatic carbocycles. The number of nitro benzene ring substituents is 2. The van der Waals surface area contributed by atoms with Crippen LogP contribution in [0.1, 0.15) is 38.3 Å². The van der Waals surface area contributed by atoms with E-state index in [1.807, 2.05) is 26.0 Å². The largest absolute Gasteiger partial charge is 0.493 e. The maximum absolute atomic E-state index is 14.2. The number of carbonyl (C=O) groups excluding carboxylic acids is 2. The number of nitrogens with zero attached hydrogens (tertiary/aromatic N) is 4. The summed E-state index contributed by atoms with van der Waals surface area (Å²) < 4.78 is 22.0. The summed E-state index contributed by atoms with van der Waals surface area (Å²) in [7, 11) is 6.04. The number of rotatable bonds is 10.